The summed E-state index contributed by atoms with van der Waals surface area (Å²) in [6, 6.07) is 11.5. The van der Waals surface area contributed by atoms with E-state index in [1.807, 2.05) is 77.1 Å². The van der Waals surface area contributed by atoms with Crippen LogP contribution in [0.4, 0.5) is 11.4 Å². The third-order valence-electron chi connectivity index (χ3n) is 9.90. The predicted octanol–water partition coefficient (Wildman–Crippen LogP) is 4.83. The maximum Gasteiger partial charge on any atom is 0.253 e. The number of aliphatic hydroxyl groups is 1. The van der Waals surface area contributed by atoms with E-state index in [-0.39, 0.29) is 43.3 Å². The number of anilines is 2. The topological polar surface area (TPSA) is 99.6 Å². The van der Waals surface area contributed by atoms with Crippen molar-refractivity contribution in [3.8, 4) is 5.75 Å². The van der Waals surface area contributed by atoms with E-state index in [0.717, 1.165) is 16.8 Å². The zero-order valence-corrected chi connectivity index (χ0v) is 27.6. The number of rotatable bonds is 13. The van der Waals surface area contributed by atoms with Crippen molar-refractivity contribution in [2.24, 2.45) is 17.8 Å². The summed E-state index contributed by atoms with van der Waals surface area (Å²) < 4.78 is 12.4. The zero-order valence-electron chi connectivity index (χ0n) is 27.6. The van der Waals surface area contributed by atoms with Crippen molar-refractivity contribution in [2.75, 3.05) is 36.1 Å². The normalized spacial score (nSPS) is 25.4. The van der Waals surface area contributed by atoms with E-state index >= 15 is 0 Å². The van der Waals surface area contributed by atoms with Crippen LogP contribution < -0.4 is 14.5 Å². The van der Waals surface area contributed by atoms with Gasteiger partial charge in [-0.2, -0.15) is 0 Å². The average Bonchev–Trinajstić information content (AvgIpc) is 3.67. The summed E-state index contributed by atoms with van der Waals surface area (Å²) >= 11 is 0. The second kappa shape index (κ2) is 13.4. The number of para-hydroxylation sites is 1. The first-order valence-electron chi connectivity index (χ1n) is 16.3. The van der Waals surface area contributed by atoms with E-state index in [1.54, 1.807) is 26.9 Å². The molecule has 2 aromatic rings. The van der Waals surface area contributed by atoms with Crippen LogP contribution in [0.2, 0.25) is 0 Å². The molecule has 46 heavy (non-hydrogen) atoms. The Hall–Kier alpha value is -3.95. The lowest BCUT2D eigenvalue weighted by molar-refractivity contribution is -0.145. The number of ether oxygens (including phenoxy) is 2. The largest absolute Gasteiger partial charge is 0.494 e. The molecule has 0 radical (unpaired) electrons. The number of hydrogen-bond donors (Lipinski definition) is 1. The van der Waals surface area contributed by atoms with E-state index in [1.165, 1.54) is 0 Å². The molecule has 0 aromatic heterocycles. The summed E-state index contributed by atoms with van der Waals surface area (Å²) in [4.78, 5) is 49.1. The second-order valence-electron chi connectivity index (χ2n) is 12.9. The summed E-state index contributed by atoms with van der Waals surface area (Å²) in [6.07, 6.45) is 3.81. The summed E-state index contributed by atoms with van der Waals surface area (Å²) in [5.41, 5.74) is 2.04. The summed E-state index contributed by atoms with van der Waals surface area (Å²) in [5, 5.41) is 10.6. The Morgan fingerprint density at radius 1 is 1.07 bits per heavy atom. The molecule has 3 aliphatic heterocycles. The minimum atomic E-state index is -1.21. The Labute approximate surface area is 272 Å². The van der Waals surface area contributed by atoms with E-state index < -0.39 is 35.6 Å². The van der Waals surface area contributed by atoms with Gasteiger partial charge in [0.1, 0.15) is 17.4 Å². The van der Waals surface area contributed by atoms with Gasteiger partial charge >= 0.3 is 0 Å². The third kappa shape index (κ3) is 5.43. The van der Waals surface area contributed by atoms with Crippen molar-refractivity contribution in [3.05, 3.63) is 78.9 Å². The minimum Gasteiger partial charge on any atom is -0.494 e. The second-order valence-corrected chi connectivity index (χ2v) is 12.9. The maximum atomic E-state index is 15.0. The fraction of sp³-hybridized carbons (Fsp3) is 0.486. The smallest absolute Gasteiger partial charge is 0.253 e. The first-order valence-corrected chi connectivity index (χ1v) is 16.3. The van der Waals surface area contributed by atoms with Gasteiger partial charge in [-0.15, -0.1) is 13.2 Å². The number of likely N-dealkylation sites (tertiary alicyclic amines) is 1. The molecule has 5 rings (SSSR count). The molecule has 0 aliphatic carbocycles. The van der Waals surface area contributed by atoms with E-state index in [2.05, 4.69) is 13.2 Å². The number of hydrogen-bond acceptors (Lipinski definition) is 6. The summed E-state index contributed by atoms with van der Waals surface area (Å²) in [5.74, 6) is -2.00. The zero-order chi connectivity index (χ0) is 33.3. The number of benzene rings is 2. The highest BCUT2D eigenvalue weighted by Crippen LogP contribution is 2.59. The van der Waals surface area contributed by atoms with Crippen molar-refractivity contribution in [2.45, 2.75) is 71.2 Å². The van der Waals surface area contributed by atoms with Gasteiger partial charge in [-0.25, -0.2) is 0 Å². The Morgan fingerprint density at radius 2 is 1.70 bits per heavy atom. The van der Waals surface area contributed by atoms with Gasteiger partial charge in [-0.05, 0) is 74.9 Å². The van der Waals surface area contributed by atoms with E-state index in [0.29, 0.717) is 30.9 Å². The standard InChI is InChI=1S/C37H47N3O6/c1-8-20-38(26-14-16-27(17-15-26)45-10-3)34(42)30-29-18-19-37(46-29)31(30)35(43)40(28(22-41)23(4)5)33(37)36(44)39(21-9-2)32-24(6)12-11-13-25(32)7/h8-9,11-17,23,28-31,33,41H,1-2,10,18-22H2,3-7H3/t28-,29-,30+,31-,33?,37?/m0/s1. The molecule has 2 unspecified atom stereocenters. The molecule has 246 valence electrons. The molecule has 2 aromatic carbocycles. The van der Waals surface area contributed by atoms with Crippen molar-refractivity contribution in [3.63, 3.8) is 0 Å². The Bertz CT molecular complexity index is 1470. The van der Waals surface area contributed by atoms with Gasteiger partial charge in [0.2, 0.25) is 11.8 Å². The van der Waals surface area contributed by atoms with Crippen LogP contribution in [-0.2, 0) is 19.1 Å². The van der Waals surface area contributed by atoms with Gasteiger partial charge in [0.25, 0.3) is 5.91 Å². The molecule has 6 atom stereocenters. The van der Waals surface area contributed by atoms with Crippen molar-refractivity contribution < 1.29 is 29.0 Å². The monoisotopic (exact) mass is 629 g/mol. The number of nitrogens with zero attached hydrogens (tertiary/aromatic N) is 3. The molecular weight excluding hydrogens is 582 g/mol. The fourth-order valence-corrected chi connectivity index (χ4v) is 7.95. The molecule has 3 heterocycles. The molecule has 3 aliphatic rings. The Morgan fingerprint density at radius 3 is 2.26 bits per heavy atom. The van der Waals surface area contributed by atoms with Crippen LogP contribution in [-0.4, -0.2) is 77.8 Å². The van der Waals surface area contributed by atoms with Crippen LogP contribution in [0.25, 0.3) is 0 Å². The highest BCUT2D eigenvalue weighted by atomic mass is 16.5. The molecule has 3 fully saturated rings. The highest BCUT2D eigenvalue weighted by Gasteiger charge is 2.75. The Kier molecular flexibility index (Phi) is 9.75. The molecule has 2 bridgehead atoms. The quantitative estimate of drug-likeness (QED) is 0.319. The number of aliphatic hydroxyl groups excluding tert-OH is 1. The third-order valence-corrected chi connectivity index (χ3v) is 9.90. The molecular formula is C37H47N3O6. The van der Waals surface area contributed by atoms with Crippen LogP contribution in [0.1, 0.15) is 44.7 Å². The van der Waals surface area contributed by atoms with Crippen molar-refractivity contribution in [1.82, 2.24) is 4.90 Å². The molecule has 1 spiro atoms. The van der Waals surface area contributed by atoms with Gasteiger partial charge in [-0.1, -0.05) is 44.2 Å². The number of carbonyl (C=O) groups excluding carboxylic acids is 3. The maximum absolute atomic E-state index is 15.0. The van der Waals surface area contributed by atoms with Crippen LogP contribution in [0, 0.1) is 31.6 Å². The lowest BCUT2D eigenvalue weighted by Gasteiger charge is -2.41. The van der Waals surface area contributed by atoms with Gasteiger partial charge < -0.3 is 29.3 Å². The Balaban J connectivity index is 1.60. The van der Waals surface area contributed by atoms with Gasteiger partial charge in [0.05, 0.1) is 37.2 Å². The number of fused-ring (bicyclic) bond motifs is 1. The molecule has 0 saturated carbocycles. The first kappa shape index (κ1) is 33.4. The van der Waals surface area contributed by atoms with Crippen molar-refractivity contribution in [1.29, 1.82) is 0 Å². The lowest BCUT2D eigenvalue weighted by Crippen LogP contribution is -2.60. The molecule has 3 saturated heterocycles. The molecule has 3 amide bonds. The van der Waals surface area contributed by atoms with E-state index in [9.17, 15) is 19.5 Å². The van der Waals surface area contributed by atoms with Gasteiger partial charge in [0.15, 0.2) is 0 Å². The summed E-state index contributed by atoms with van der Waals surface area (Å²) in [7, 11) is 0. The van der Waals surface area contributed by atoms with E-state index in [4.69, 9.17) is 9.47 Å². The van der Waals surface area contributed by atoms with Gasteiger partial charge in [-0.3, -0.25) is 14.4 Å². The molecule has 1 N–H and O–H groups in total. The first-order chi connectivity index (χ1) is 22.1. The van der Waals surface area contributed by atoms with Gasteiger partial charge in [0, 0.05) is 24.5 Å². The fourth-order valence-electron chi connectivity index (χ4n) is 7.95. The number of amides is 3. The van der Waals surface area contributed by atoms with Crippen molar-refractivity contribution >= 4 is 29.1 Å². The number of aryl methyl sites for hydroxylation is 2. The highest BCUT2D eigenvalue weighted by molar-refractivity contribution is 6.07. The van der Waals surface area contributed by atoms with Crippen LogP contribution in [0.3, 0.4) is 0 Å². The number of carbonyl (C=O) groups is 3. The lowest BCUT2D eigenvalue weighted by atomic mass is 9.70. The summed E-state index contributed by atoms with van der Waals surface area (Å²) in [6.45, 7) is 18.1. The predicted molar refractivity (Wildman–Crippen MR) is 179 cm³/mol. The minimum absolute atomic E-state index is 0.153. The SMILES string of the molecule is C=CCN(C(=O)[C@@H]1[C@@H]2CCC3(O2)C(C(=O)N(CC=C)c2c(C)cccc2C)N([C@@H](CO)C(C)C)C(=O)[C@H]13)c1ccc(OCC)cc1. The van der Waals surface area contributed by atoms with Crippen LogP contribution >= 0.6 is 0 Å². The van der Waals surface area contributed by atoms with Crippen LogP contribution in [0.15, 0.2) is 67.8 Å². The molecule has 9 nitrogen and oxygen atoms in total. The molecule has 9 heteroatoms. The average molecular weight is 630 g/mol. The van der Waals surface area contributed by atoms with Crippen LogP contribution in [0.5, 0.6) is 5.75 Å².